The van der Waals surface area contributed by atoms with Gasteiger partial charge in [0.25, 0.3) is 5.91 Å². The van der Waals surface area contributed by atoms with E-state index in [1.165, 1.54) is 12.8 Å². The largest absolute Gasteiger partial charge is 0.480 e. The first-order chi connectivity index (χ1) is 11.6. The molecule has 0 spiro atoms. The van der Waals surface area contributed by atoms with Gasteiger partial charge in [0.15, 0.2) is 5.69 Å². The Balaban J connectivity index is 1.93. The molecule has 1 aliphatic heterocycles. The number of para-hydroxylation sites is 1. The number of amides is 1. The Morgan fingerprint density at radius 1 is 1.25 bits per heavy atom. The van der Waals surface area contributed by atoms with Crippen molar-refractivity contribution >= 4 is 11.6 Å². The minimum absolute atomic E-state index is 0.0953. The standard InChI is InChI=1S/C18H22N4O2/c1-4-14-12-21(2)16-8-6-5-7-13(16)11-22(14)18(23)15-9-10-17(24-3)20-19-15/h5-10,14H,4,11-12H2,1-3H3/t14-/m0/s1. The minimum atomic E-state index is -0.0953. The molecular weight excluding hydrogens is 304 g/mol. The zero-order valence-electron chi connectivity index (χ0n) is 14.3. The second kappa shape index (κ2) is 6.86. The van der Waals surface area contributed by atoms with Crippen molar-refractivity contribution in [2.75, 3.05) is 25.6 Å². The molecule has 1 amide bonds. The van der Waals surface area contributed by atoms with E-state index in [0.717, 1.165) is 18.5 Å². The molecule has 24 heavy (non-hydrogen) atoms. The van der Waals surface area contributed by atoms with Crippen LogP contribution in [0.1, 0.15) is 29.4 Å². The summed E-state index contributed by atoms with van der Waals surface area (Å²) in [7, 11) is 3.60. The number of carbonyl (C=O) groups is 1. The van der Waals surface area contributed by atoms with Gasteiger partial charge in [-0.25, -0.2) is 0 Å². The fraction of sp³-hybridized carbons (Fsp3) is 0.389. The quantitative estimate of drug-likeness (QED) is 0.866. The van der Waals surface area contributed by atoms with Gasteiger partial charge >= 0.3 is 0 Å². The molecule has 0 fully saturated rings. The van der Waals surface area contributed by atoms with E-state index in [1.54, 1.807) is 12.1 Å². The SMILES string of the molecule is CC[C@H]1CN(C)c2ccccc2CN1C(=O)c1ccc(OC)nn1. The summed E-state index contributed by atoms with van der Waals surface area (Å²) < 4.78 is 5.01. The van der Waals surface area contributed by atoms with Crippen LogP contribution in [0.15, 0.2) is 36.4 Å². The van der Waals surface area contributed by atoms with Crippen LogP contribution in [0, 0.1) is 0 Å². The van der Waals surface area contributed by atoms with E-state index >= 15 is 0 Å². The number of fused-ring (bicyclic) bond motifs is 1. The molecule has 0 bridgehead atoms. The van der Waals surface area contributed by atoms with Gasteiger partial charge in [-0.3, -0.25) is 4.79 Å². The van der Waals surface area contributed by atoms with E-state index in [9.17, 15) is 4.79 Å². The number of rotatable bonds is 3. The van der Waals surface area contributed by atoms with Crippen LogP contribution in [-0.4, -0.2) is 47.7 Å². The summed E-state index contributed by atoms with van der Waals surface area (Å²) in [6, 6.07) is 11.7. The zero-order chi connectivity index (χ0) is 17.1. The van der Waals surface area contributed by atoms with Crippen molar-refractivity contribution in [2.24, 2.45) is 0 Å². The van der Waals surface area contributed by atoms with Gasteiger partial charge in [-0.1, -0.05) is 25.1 Å². The molecule has 1 aromatic carbocycles. The number of methoxy groups -OCH3 is 1. The highest BCUT2D eigenvalue weighted by molar-refractivity contribution is 5.92. The zero-order valence-corrected chi connectivity index (χ0v) is 14.3. The number of carbonyl (C=O) groups excluding carboxylic acids is 1. The number of likely N-dealkylation sites (N-methyl/N-ethyl adjacent to an activating group) is 1. The number of hydrogen-bond acceptors (Lipinski definition) is 5. The van der Waals surface area contributed by atoms with Crippen molar-refractivity contribution in [1.29, 1.82) is 0 Å². The lowest BCUT2D eigenvalue weighted by Gasteiger charge is -2.30. The summed E-state index contributed by atoms with van der Waals surface area (Å²) in [5.74, 6) is 0.307. The average Bonchev–Trinajstić information content (AvgIpc) is 2.78. The van der Waals surface area contributed by atoms with Gasteiger partial charge in [0.05, 0.1) is 7.11 Å². The van der Waals surface area contributed by atoms with E-state index in [2.05, 4.69) is 41.2 Å². The highest BCUT2D eigenvalue weighted by Crippen LogP contribution is 2.27. The summed E-state index contributed by atoms with van der Waals surface area (Å²) in [6.07, 6.45) is 0.883. The summed E-state index contributed by atoms with van der Waals surface area (Å²) in [4.78, 5) is 17.1. The van der Waals surface area contributed by atoms with Crippen molar-refractivity contribution in [2.45, 2.75) is 25.9 Å². The molecule has 0 aliphatic carbocycles. The van der Waals surface area contributed by atoms with E-state index in [-0.39, 0.29) is 11.9 Å². The first-order valence-corrected chi connectivity index (χ1v) is 8.11. The number of anilines is 1. The van der Waals surface area contributed by atoms with Gasteiger partial charge in [0.2, 0.25) is 5.88 Å². The van der Waals surface area contributed by atoms with Gasteiger partial charge in [-0.05, 0) is 24.1 Å². The third-order valence-corrected chi connectivity index (χ3v) is 4.47. The molecule has 1 aliphatic rings. The van der Waals surface area contributed by atoms with E-state index in [4.69, 9.17) is 4.74 Å². The van der Waals surface area contributed by atoms with E-state index < -0.39 is 0 Å². The van der Waals surface area contributed by atoms with Crippen LogP contribution in [0.5, 0.6) is 5.88 Å². The molecule has 2 heterocycles. The van der Waals surface area contributed by atoms with Crippen LogP contribution in [0.3, 0.4) is 0 Å². The highest BCUT2D eigenvalue weighted by atomic mass is 16.5. The fourth-order valence-electron chi connectivity index (χ4n) is 3.12. The number of ether oxygens (including phenoxy) is 1. The van der Waals surface area contributed by atoms with Crippen LogP contribution in [0.25, 0.3) is 0 Å². The molecule has 0 radical (unpaired) electrons. The lowest BCUT2D eigenvalue weighted by atomic mass is 10.1. The topological polar surface area (TPSA) is 58.6 Å². The molecule has 3 rings (SSSR count). The monoisotopic (exact) mass is 326 g/mol. The molecule has 126 valence electrons. The summed E-state index contributed by atoms with van der Waals surface area (Å²) >= 11 is 0. The molecule has 0 saturated heterocycles. The summed E-state index contributed by atoms with van der Waals surface area (Å²) in [5, 5.41) is 7.94. The van der Waals surface area contributed by atoms with Gasteiger partial charge in [0.1, 0.15) is 0 Å². The molecule has 0 N–H and O–H groups in total. The Morgan fingerprint density at radius 3 is 2.71 bits per heavy atom. The predicted molar refractivity (Wildman–Crippen MR) is 92.2 cm³/mol. The molecule has 1 atom stereocenters. The van der Waals surface area contributed by atoms with Crippen molar-refractivity contribution in [3.63, 3.8) is 0 Å². The van der Waals surface area contributed by atoms with E-state index in [1.807, 2.05) is 17.0 Å². The number of benzene rings is 1. The van der Waals surface area contributed by atoms with Gasteiger partial charge < -0.3 is 14.5 Å². The Labute approximate surface area is 142 Å². The number of aromatic nitrogens is 2. The van der Waals surface area contributed by atoms with Crippen LogP contribution in [0.2, 0.25) is 0 Å². The maximum atomic E-state index is 13.0. The van der Waals surface area contributed by atoms with Gasteiger partial charge in [-0.15, -0.1) is 10.2 Å². The van der Waals surface area contributed by atoms with Crippen LogP contribution in [-0.2, 0) is 6.54 Å². The highest BCUT2D eigenvalue weighted by Gasteiger charge is 2.30. The molecule has 6 nitrogen and oxygen atoms in total. The smallest absolute Gasteiger partial charge is 0.274 e. The van der Waals surface area contributed by atoms with Crippen LogP contribution < -0.4 is 9.64 Å². The molecular formula is C18H22N4O2. The maximum Gasteiger partial charge on any atom is 0.274 e. The van der Waals surface area contributed by atoms with Gasteiger partial charge in [-0.2, -0.15) is 0 Å². The molecule has 2 aromatic rings. The maximum absolute atomic E-state index is 13.0. The summed E-state index contributed by atoms with van der Waals surface area (Å²) in [6.45, 7) is 3.48. The van der Waals surface area contributed by atoms with Crippen molar-refractivity contribution in [3.05, 3.63) is 47.7 Å². The molecule has 0 unspecified atom stereocenters. The molecule has 0 saturated carbocycles. The fourth-order valence-corrected chi connectivity index (χ4v) is 3.12. The van der Waals surface area contributed by atoms with E-state index in [0.29, 0.717) is 18.1 Å². The molecule has 6 heteroatoms. The Hall–Kier alpha value is -2.63. The first-order valence-electron chi connectivity index (χ1n) is 8.11. The van der Waals surface area contributed by atoms with Gasteiger partial charge in [0, 0.05) is 37.9 Å². The lowest BCUT2D eigenvalue weighted by molar-refractivity contribution is 0.0660. The number of nitrogens with zero attached hydrogens (tertiary/aromatic N) is 4. The summed E-state index contributed by atoms with van der Waals surface area (Å²) in [5.41, 5.74) is 2.66. The number of hydrogen-bond donors (Lipinski definition) is 0. The van der Waals surface area contributed by atoms with Crippen LogP contribution in [0.4, 0.5) is 5.69 Å². The van der Waals surface area contributed by atoms with Crippen molar-refractivity contribution in [1.82, 2.24) is 15.1 Å². The lowest BCUT2D eigenvalue weighted by Crippen LogP contribution is -2.43. The van der Waals surface area contributed by atoms with Crippen molar-refractivity contribution in [3.8, 4) is 5.88 Å². The second-order valence-electron chi connectivity index (χ2n) is 5.97. The molecule has 1 aromatic heterocycles. The first kappa shape index (κ1) is 16.2. The third-order valence-electron chi connectivity index (χ3n) is 4.47. The predicted octanol–water partition coefficient (Wildman–Crippen LogP) is 2.36. The Bertz CT molecular complexity index is 717. The Kier molecular flexibility index (Phi) is 4.64. The third kappa shape index (κ3) is 3.04. The second-order valence-corrected chi connectivity index (χ2v) is 5.97. The normalized spacial score (nSPS) is 17.2. The van der Waals surface area contributed by atoms with Crippen molar-refractivity contribution < 1.29 is 9.53 Å². The van der Waals surface area contributed by atoms with Crippen LogP contribution >= 0.6 is 0 Å². The average molecular weight is 326 g/mol. The Morgan fingerprint density at radius 2 is 2.04 bits per heavy atom. The minimum Gasteiger partial charge on any atom is -0.480 e.